The third kappa shape index (κ3) is 5.10. The minimum atomic E-state index is -0.588. The van der Waals surface area contributed by atoms with Gasteiger partial charge in [0.05, 0.1) is 11.8 Å². The Morgan fingerprint density at radius 2 is 1.87 bits per heavy atom. The number of rotatable bonds is 2. The minimum absolute atomic E-state index is 0.00531. The number of carbonyl (C=O) groups excluding carboxylic acids is 3. The number of hydrogen-bond donors (Lipinski definition) is 0. The molecule has 1 aromatic carbocycles. The molecule has 1 atom stereocenters. The van der Waals surface area contributed by atoms with Crippen LogP contribution in [0, 0.1) is 0 Å². The lowest BCUT2D eigenvalue weighted by atomic mass is 10.1. The van der Waals surface area contributed by atoms with E-state index in [2.05, 4.69) is 0 Å². The lowest BCUT2D eigenvalue weighted by Crippen LogP contribution is -2.47. The van der Waals surface area contributed by atoms with Crippen molar-refractivity contribution in [1.82, 2.24) is 4.90 Å². The minimum Gasteiger partial charge on any atom is -0.444 e. The standard InChI is InChI=1S/C17H21NO4S/c1-17(2,3)22-16(21)18-10-9-14(13(19)11-18)23-15(20)12-7-5-4-6-8-12/h4-8,14H,9-11H2,1-3H3. The molecule has 0 N–H and O–H groups in total. The molecule has 124 valence electrons. The molecular formula is C17H21NO4S. The zero-order chi connectivity index (χ0) is 17.0. The summed E-state index contributed by atoms with van der Waals surface area (Å²) in [4.78, 5) is 37.8. The molecule has 1 amide bonds. The number of carbonyl (C=O) groups is 3. The lowest BCUT2D eigenvalue weighted by Gasteiger charge is -2.32. The van der Waals surface area contributed by atoms with Crippen molar-refractivity contribution in [3.05, 3.63) is 35.9 Å². The molecule has 6 heteroatoms. The molecule has 1 heterocycles. The normalized spacial score (nSPS) is 18.7. The van der Waals surface area contributed by atoms with Gasteiger partial charge in [-0.3, -0.25) is 9.59 Å². The number of ketones is 1. The maximum absolute atomic E-state index is 12.2. The summed E-state index contributed by atoms with van der Waals surface area (Å²) in [5.41, 5.74) is -0.00507. The van der Waals surface area contributed by atoms with Crippen molar-refractivity contribution >= 4 is 28.8 Å². The van der Waals surface area contributed by atoms with Crippen molar-refractivity contribution in [3.8, 4) is 0 Å². The first kappa shape index (κ1) is 17.5. The average Bonchev–Trinajstić information content (AvgIpc) is 2.48. The van der Waals surface area contributed by atoms with Crippen LogP contribution in [0.2, 0.25) is 0 Å². The van der Waals surface area contributed by atoms with Gasteiger partial charge in [-0.05, 0) is 27.2 Å². The Labute approximate surface area is 140 Å². The Kier molecular flexibility index (Phi) is 5.46. The summed E-state index contributed by atoms with van der Waals surface area (Å²) in [5, 5.41) is -0.518. The second kappa shape index (κ2) is 7.17. The smallest absolute Gasteiger partial charge is 0.410 e. The van der Waals surface area contributed by atoms with E-state index in [0.717, 1.165) is 11.8 Å². The van der Waals surface area contributed by atoms with Crippen LogP contribution in [0.25, 0.3) is 0 Å². The average molecular weight is 335 g/mol. The molecule has 1 unspecified atom stereocenters. The number of ether oxygens (including phenoxy) is 1. The summed E-state index contributed by atoms with van der Waals surface area (Å²) in [6.07, 6.45) is -0.0231. The number of nitrogens with zero attached hydrogens (tertiary/aromatic N) is 1. The molecule has 1 aliphatic rings. The molecule has 1 saturated heterocycles. The van der Waals surface area contributed by atoms with Crippen LogP contribution in [-0.4, -0.2) is 45.8 Å². The number of hydrogen-bond acceptors (Lipinski definition) is 5. The largest absolute Gasteiger partial charge is 0.444 e. The number of piperidine rings is 1. The number of Topliss-reactive ketones (excluding diaryl/α,β-unsaturated/α-hetero) is 1. The van der Waals surface area contributed by atoms with E-state index in [1.54, 1.807) is 45.0 Å². The zero-order valence-corrected chi connectivity index (χ0v) is 14.4. The fraction of sp³-hybridized carbons (Fsp3) is 0.471. The van der Waals surface area contributed by atoms with Gasteiger partial charge in [-0.1, -0.05) is 42.1 Å². The van der Waals surface area contributed by atoms with Crippen LogP contribution >= 0.6 is 11.8 Å². The van der Waals surface area contributed by atoms with Gasteiger partial charge in [0.1, 0.15) is 5.60 Å². The fourth-order valence-corrected chi connectivity index (χ4v) is 3.14. The van der Waals surface area contributed by atoms with Crippen LogP contribution in [0.1, 0.15) is 37.6 Å². The third-order valence-electron chi connectivity index (χ3n) is 3.28. The van der Waals surface area contributed by atoms with Crippen LogP contribution < -0.4 is 0 Å². The van der Waals surface area contributed by atoms with Crippen molar-refractivity contribution < 1.29 is 19.1 Å². The first-order valence-corrected chi connectivity index (χ1v) is 8.41. The highest BCUT2D eigenvalue weighted by atomic mass is 32.2. The van der Waals surface area contributed by atoms with Gasteiger partial charge in [-0.15, -0.1) is 0 Å². The zero-order valence-electron chi connectivity index (χ0n) is 13.6. The van der Waals surface area contributed by atoms with E-state index in [1.165, 1.54) is 4.90 Å². The molecule has 0 radical (unpaired) electrons. The summed E-state index contributed by atoms with van der Waals surface area (Å²) >= 11 is 1.04. The highest BCUT2D eigenvalue weighted by molar-refractivity contribution is 8.15. The lowest BCUT2D eigenvalue weighted by molar-refractivity contribution is -0.121. The highest BCUT2D eigenvalue weighted by Crippen LogP contribution is 2.25. The summed E-state index contributed by atoms with van der Waals surface area (Å²) in [6.45, 7) is 5.77. The number of thioether (sulfide) groups is 1. The Morgan fingerprint density at radius 3 is 2.43 bits per heavy atom. The van der Waals surface area contributed by atoms with Crippen molar-refractivity contribution in [2.75, 3.05) is 13.1 Å². The van der Waals surface area contributed by atoms with Crippen LogP contribution in [0.15, 0.2) is 30.3 Å². The van der Waals surface area contributed by atoms with Gasteiger partial charge in [0.2, 0.25) is 5.12 Å². The van der Waals surface area contributed by atoms with E-state index in [1.807, 2.05) is 6.07 Å². The molecule has 1 aromatic rings. The van der Waals surface area contributed by atoms with Gasteiger partial charge in [0.25, 0.3) is 0 Å². The quantitative estimate of drug-likeness (QED) is 0.831. The fourth-order valence-electron chi connectivity index (χ4n) is 2.18. The van der Waals surface area contributed by atoms with E-state index in [0.29, 0.717) is 18.5 Å². The summed E-state index contributed by atoms with van der Waals surface area (Å²) in [7, 11) is 0. The molecule has 5 nitrogen and oxygen atoms in total. The van der Waals surface area contributed by atoms with Crippen LogP contribution in [0.3, 0.4) is 0 Å². The van der Waals surface area contributed by atoms with Crippen molar-refractivity contribution in [2.24, 2.45) is 0 Å². The summed E-state index contributed by atoms with van der Waals surface area (Å²) in [6, 6.07) is 8.89. The third-order valence-corrected chi connectivity index (χ3v) is 4.51. The monoisotopic (exact) mass is 335 g/mol. The predicted octanol–water partition coefficient (Wildman–Crippen LogP) is 3.14. The second-order valence-electron chi connectivity index (χ2n) is 6.42. The summed E-state index contributed by atoms with van der Waals surface area (Å²) < 4.78 is 5.27. The van der Waals surface area contributed by atoms with Crippen molar-refractivity contribution in [1.29, 1.82) is 0 Å². The summed E-state index contributed by atoms with van der Waals surface area (Å²) in [5.74, 6) is -0.114. The highest BCUT2D eigenvalue weighted by Gasteiger charge is 2.33. The molecule has 0 aliphatic carbocycles. The molecule has 23 heavy (non-hydrogen) atoms. The van der Waals surface area contributed by atoms with Gasteiger partial charge in [-0.2, -0.15) is 0 Å². The van der Waals surface area contributed by atoms with Gasteiger partial charge < -0.3 is 9.64 Å². The van der Waals surface area contributed by atoms with Crippen LogP contribution in [0.4, 0.5) is 4.79 Å². The number of likely N-dealkylation sites (tertiary alicyclic amines) is 1. The van der Waals surface area contributed by atoms with Gasteiger partial charge >= 0.3 is 6.09 Å². The topological polar surface area (TPSA) is 63.7 Å². The Bertz CT molecular complexity index is 594. The maximum atomic E-state index is 12.2. The molecule has 0 spiro atoms. The first-order valence-electron chi connectivity index (χ1n) is 7.53. The second-order valence-corrected chi connectivity index (χ2v) is 7.59. The van der Waals surface area contributed by atoms with E-state index in [-0.39, 0.29) is 17.4 Å². The van der Waals surface area contributed by atoms with Gasteiger partial charge in [0, 0.05) is 12.1 Å². The predicted molar refractivity (Wildman–Crippen MR) is 89.6 cm³/mol. The SMILES string of the molecule is CC(C)(C)OC(=O)N1CCC(SC(=O)c2ccccc2)C(=O)C1. The van der Waals surface area contributed by atoms with Crippen LogP contribution in [0.5, 0.6) is 0 Å². The number of amides is 1. The number of benzene rings is 1. The maximum Gasteiger partial charge on any atom is 0.410 e. The molecule has 1 fully saturated rings. The van der Waals surface area contributed by atoms with E-state index in [4.69, 9.17) is 4.74 Å². The van der Waals surface area contributed by atoms with Crippen molar-refractivity contribution in [3.63, 3.8) is 0 Å². The first-order chi connectivity index (χ1) is 10.8. The van der Waals surface area contributed by atoms with Gasteiger partial charge in [-0.25, -0.2) is 4.79 Å². The molecular weight excluding hydrogens is 314 g/mol. The Morgan fingerprint density at radius 1 is 1.22 bits per heavy atom. The van der Waals surface area contributed by atoms with Crippen LogP contribution in [-0.2, 0) is 9.53 Å². The van der Waals surface area contributed by atoms with Gasteiger partial charge in [0.15, 0.2) is 5.78 Å². The Balaban J connectivity index is 1.91. The molecule has 2 rings (SSSR count). The Hall–Kier alpha value is -1.82. The van der Waals surface area contributed by atoms with E-state index in [9.17, 15) is 14.4 Å². The van der Waals surface area contributed by atoms with E-state index < -0.39 is 16.9 Å². The molecule has 0 saturated carbocycles. The molecule has 1 aliphatic heterocycles. The van der Waals surface area contributed by atoms with E-state index >= 15 is 0 Å². The van der Waals surface area contributed by atoms with Crippen molar-refractivity contribution in [2.45, 2.75) is 38.0 Å². The molecule has 0 aromatic heterocycles. The molecule has 0 bridgehead atoms.